The maximum atomic E-state index is 13.7. The lowest BCUT2D eigenvalue weighted by molar-refractivity contribution is 0.0777. The molecule has 6 heteroatoms. The molecule has 1 heterocycles. The topological polar surface area (TPSA) is 51.2 Å². The van der Waals surface area contributed by atoms with Gasteiger partial charge < -0.3 is 24.0 Å². The summed E-state index contributed by atoms with van der Waals surface area (Å²) in [5.41, 5.74) is 1.77. The van der Waals surface area contributed by atoms with Gasteiger partial charge in [-0.05, 0) is 50.9 Å². The maximum absolute atomic E-state index is 13.7. The Kier molecular flexibility index (Phi) is 9.84. The van der Waals surface area contributed by atoms with Crippen LogP contribution in [0.4, 0.5) is 0 Å². The van der Waals surface area contributed by atoms with E-state index >= 15 is 0 Å². The van der Waals surface area contributed by atoms with Crippen molar-refractivity contribution in [2.24, 2.45) is 0 Å². The SMILES string of the molecule is CCCCN(CCC)CCC1(c2ccccc2)CCN(C(=O)c2cc(OC)c(OC)cc2OC)C1. The van der Waals surface area contributed by atoms with Gasteiger partial charge in [0.25, 0.3) is 5.91 Å². The van der Waals surface area contributed by atoms with Crippen molar-refractivity contribution in [3.8, 4) is 17.2 Å². The number of benzene rings is 2. The highest BCUT2D eigenvalue weighted by Crippen LogP contribution is 2.40. The molecule has 0 bridgehead atoms. The van der Waals surface area contributed by atoms with E-state index in [-0.39, 0.29) is 11.3 Å². The highest BCUT2D eigenvalue weighted by atomic mass is 16.5. The van der Waals surface area contributed by atoms with Gasteiger partial charge in [0, 0.05) is 30.6 Å². The molecule has 1 aliphatic heterocycles. The zero-order valence-electron chi connectivity index (χ0n) is 22.1. The number of rotatable bonds is 13. The Morgan fingerprint density at radius 1 is 0.914 bits per heavy atom. The first kappa shape index (κ1) is 26.9. The van der Waals surface area contributed by atoms with Crippen molar-refractivity contribution in [3.05, 3.63) is 53.6 Å². The van der Waals surface area contributed by atoms with Crippen molar-refractivity contribution in [2.45, 2.75) is 51.4 Å². The molecule has 1 unspecified atom stereocenters. The van der Waals surface area contributed by atoms with Crippen LogP contribution in [0.3, 0.4) is 0 Å². The molecular weight excluding hydrogens is 440 g/mol. The van der Waals surface area contributed by atoms with Gasteiger partial charge in [-0.1, -0.05) is 50.6 Å². The number of ether oxygens (including phenoxy) is 3. The molecule has 1 aliphatic rings. The number of hydrogen-bond donors (Lipinski definition) is 0. The van der Waals surface area contributed by atoms with E-state index in [1.807, 2.05) is 4.90 Å². The average Bonchev–Trinajstić information content (AvgIpc) is 3.35. The summed E-state index contributed by atoms with van der Waals surface area (Å²) in [7, 11) is 4.74. The van der Waals surface area contributed by atoms with Crippen LogP contribution in [0, 0.1) is 0 Å². The van der Waals surface area contributed by atoms with E-state index < -0.39 is 0 Å². The summed E-state index contributed by atoms with van der Waals surface area (Å²) in [6.07, 6.45) is 5.58. The molecule has 0 spiro atoms. The second-order valence-electron chi connectivity index (χ2n) is 9.48. The zero-order valence-corrected chi connectivity index (χ0v) is 22.1. The first-order valence-corrected chi connectivity index (χ1v) is 12.9. The minimum atomic E-state index is -0.0566. The first-order chi connectivity index (χ1) is 17.0. The van der Waals surface area contributed by atoms with Crippen LogP contribution in [0.25, 0.3) is 0 Å². The maximum Gasteiger partial charge on any atom is 0.257 e. The molecule has 2 aromatic rings. The third-order valence-corrected chi connectivity index (χ3v) is 7.24. The summed E-state index contributed by atoms with van der Waals surface area (Å²) in [4.78, 5) is 18.3. The lowest BCUT2D eigenvalue weighted by Gasteiger charge is -2.33. The number of amides is 1. The van der Waals surface area contributed by atoms with E-state index in [9.17, 15) is 4.79 Å². The summed E-state index contributed by atoms with van der Waals surface area (Å²) >= 11 is 0. The predicted octanol–water partition coefficient (Wildman–Crippen LogP) is 5.40. The standard InChI is InChI=1S/C29H42N2O4/c1-6-8-17-30(16-7-2)18-14-29(23-12-10-9-11-13-23)15-19-31(22-29)28(32)24-20-26(34-4)27(35-5)21-25(24)33-3/h9-13,20-21H,6-8,14-19,22H2,1-5H3. The summed E-state index contributed by atoms with van der Waals surface area (Å²) in [5, 5.41) is 0. The highest BCUT2D eigenvalue weighted by Gasteiger charge is 2.42. The molecule has 2 aromatic carbocycles. The molecular formula is C29H42N2O4. The lowest BCUT2D eigenvalue weighted by atomic mass is 9.76. The summed E-state index contributed by atoms with van der Waals surface area (Å²) in [5.74, 6) is 1.54. The van der Waals surface area contributed by atoms with Gasteiger partial charge in [-0.25, -0.2) is 0 Å². The fraction of sp³-hybridized carbons (Fsp3) is 0.552. The number of carbonyl (C=O) groups is 1. The molecule has 1 amide bonds. The number of likely N-dealkylation sites (tertiary alicyclic amines) is 1. The third kappa shape index (κ3) is 6.29. The zero-order chi connectivity index (χ0) is 25.3. The minimum absolute atomic E-state index is 0.0305. The van der Waals surface area contributed by atoms with Crippen LogP contribution >= 0.6 is 0 Å². The quantitative estimate of drug-likeness (QED) is 0.383. The van der Waals surface area contributed by atoms with Gasteiger partial charge >= 0.3 is 0 Å². The number of unbranched alkanes of at least 4 members (excludes halogenated alkanes) is 1. The van der Waals surface area contributed by atoms with Gasteiger partial charge in [0.05, 0.1) is 26.9 Å². The van der Waals surface area contributed by atoms with Crippen molar-refractivity contribution >= 4 is 5.91 Å². The van der Waals surface area contributed by atoms with E-state index in [2.05, 4.69) is 49.1 Å². The lowest BCUT2D eigenvalue weighted by Crippen LogP contribution is -2.38. The Morgan fingerprint density at radius 2 is 1.60 bits per heavy atom. The smallest absolute Gasteiger partial charge is 0.257 e. The van der Waals surface area contributed by atoms with Gasteiger partial charge in [-0.2, -0.15) is 0 Å². The molecule has 0 aliphatic carbocycles. The Labute approximate surface area is 211 Å². The van der Waals surface area contributed by atoms with Crippen LogP contribution in [0.5, 0.6) is 17.2 Å². The van der Waals surface area contributed by atoms with Crippen LogP contribution in [-0.2, 0) is 5.41 Å². The van der Waals surface area contributed by atoms with Gasteiger partial charge in [-0.15, -0.1) is 0 Å². The van der Waals surface area contributed by atoms with Crippen molar-refractivity contribution in [1.82, 2.24) is 9.80 Å². The van der Waals surface area contributed by atoms with Crippen LogP contribution in [0.2, 0.25) is 0 Å². The molecule has 1 saturated heterocycles. The van der Waals surface area contributed by atoms with E-state index in [1.165, 1.54) is 18.4 Å². The molecule has 192 valence electrons. The molecule has 35 heavy (non-hydrogen) atoms. The van der Waals surface area contributed by atoms with Crippen molar-refractivity contribution in [1.29, 1.82) is 0 Å². The monoisotopic (exact) mass is 482 g/mol. The summed E-state index contributed by atoms with van der Waals surface area (Å²) in [6.45, 7) is 9.22. The molecule has 0 saturated carbocycles. The largest absolute Gasteiger partial charge is 0.496 e. The van der Waals surface area contributed by atoms with Gasteiger partial charge in [0.15, 0.2) is 11.5 Å². The van der Waals surface area contributed by atoms with E-state index in [0.717, 1.165) is 38.9 Å². The van der Waals surface area contributed by atoms with E-state index in [1.54, 1.807) is 33.5 Å². The van der Waals surface area contributed by atoms with Crippen molar-refractivity contribution in [3.63, 3.8) is 0 Å². The first-order valence-electron chi connectivity index (χ1n) is 12.9. The van der Waals surface area contributed by atoms with E-state index in [0.29, 0.717) is 35.9 Å². The second kappa shape index (κ2) is 12.8. The summed E-state index contributed by atoms with van der Waals surface area (Å²) in [6, 6.07) is 14.2. The van der Waals surface area contributed by atoms with Crippen molar-refractivity contribution in [2.75, 3.05) is 54.1 Å². The van der Waals surface area contributed by atoms with Crippen LogP contribution < -0.4 is 14.2 Å². The fourth-order valence-corrected chi connectivity index (χ4v) is 5.19. The molecule has 0 N–H and O–H groups in total. The number of nitrogens with zero attached hydrogens (tertiary/aromatic N) is 2. The number of methoxy groups -OCH3 is 3. The Hall–Kier alpha value is -2.73. The highest BCUT2D eigenvalue weighted by molar-refractivity contribution is 5.98. The van der Waals surface area contributed by atoms with Crippen LogP contribution in [-0.4, -0.2) is 69.8 Å². The third-order valence-electron chi connectivity index (χ3n) is 7.24. The van der Waals surface area contributed by atoms with Crippen LogP contribution in [0.1, 0.15) is 61.9 Å². The molecule has 1 fully saturated rings. The Balaban J connectivity index is 1.86. The average molecular weight is 483 g/mol. The van der Waals surface area contributed by atoms with Gasteiger partial charge in [0.2, 0.25) is 0 Å². The van der Waals surface area contributed by atoms with Gasteiger partial charge in [-0.3, -0.25) is 4.79 Å². The Morgan fingerprint density at radius 3 is 2.23 bits per heavy atom. The molecule has 3 rings (SSSR count). The van der Waals surface area contributed by atoms with Gasteiger partial charge in [0.1, 0.15) is 5.75 Å². The summed E-state index contributed by atoms with van der Waals surface area (Å²) < 4.78 is 16.4. The fourth-order valence-electron chi connectivity index (χ4n) is 5.19. The van der Waals surface area contributed by atoms with E-state index in [4.69, 9.17) is 14.2 Å². The normalized spacial score (nSPS) is 17.6. The molecule has 1 atom stereocenters. The molecule has 0 radical (unpaired) electrons. The van der Waals surface area contributed by atoms with Crippen molar-refractivity contribution < 1.29 is 19.0 Å². The van der Waals surface area contributed by atoms with Crippen LogP contribution in [0.15, 0.2) is 42.5 Å². The molecule has 0 aromatic heterocycles. The second-order valence-corrected chi connectivity index (χ2v) is 9.48. The molecule has 6 nitrogen and oxygen atoms in total. The number of carbonyl (C=O) groups excluding carboxylic acids is 1. The predicted molar refractivity (Wildman–Crippen MR) is 141 cm³/mol. The number of hydrogen-bond acceptors (Lipinski definition) is 5. The Bertz CT molecular complexity index is 949. The minimum Gasteiger partial charge on any atom is -0.496 e.